The number of hydrogen-bond donors (Lipinski definition) is 1. The topological polar surface area (TPSA) is 58.6 Å². The molecule has 1 aliphatic rings. The summed E-state index contributed by atoms with van der Waals surface area (Å²) in [5.74, 6) is 2.50. The lowest BCUT2D eigenvalue weighted by Gasteiger charge is -2.36. The number of terminal acetylenes is 1. The van der Waals surface area contributed by atoms with Crippen molar-refractivity contribution in [2.75, 3.05) is 19.7 Å². The number of nitrogens with zero attached hydrogens (tertiary/aromatic N) is 1. The van der Waals surface area contributed by atoms with E-state index in [2.05, 4.69) is 11.2 Å². The monoisotopic (exact) mass is 238 g/mol. The van der Waals surface area contributed by atoms with Gasteiger partial charge >= 0.3 is 6.09 Å². The van der Waals surface area contributed by atoms with Crippen molar-refractivity contribution in [3.05, 3.63) is 0 Å². The third-order valence-electron chi connectivity index (χ3n) is 2.27. The van der Waals surface area contributed by atoms with E-state index in [9.17, 15) is 9.59 Å². The van der Waals surface area contributed by atoms with E-state index in [1.165, 1.54) is 0 Å². The third-order valence-corrected chi connectivity index (χ3v) is 2.27. The average molecular weight is 238 g/mol. The largest absolute Gasteiger partial charge is 0.439 e. The summed E-state index contributed by atoms with van der Waals surface area (Å²) in [6.07, 6.45) is 4.62. The number of nitrogens with one attached hydrogen (secondary N) is 1. The van der Waals surface area contributed by atoms with E-state index in [4.69, 9.17) is 11.2 Å². The smallest absolute Gasteiger partial charge is 0.408 e. The summed E-state index contributed by atoms with van der Waals surface area (Å²) >= 11 is 0. The standard InChI is InChI=1S/C12H18N2O3/c1-5-9-6-14(7-9)10(15)8-17-11(16)13-12(2,3)4/h1,9H,6-8H2,2-4H3,(H,13,16). The Morgan fingerprint density at radius 2 is 2.06 bits per heavy atom. The van der Waals surface area contributed by atoms with Gasteiger partial charge in [0.15, 0.2) is 6.61 Å². The van der Waals surface area contributed by atoms with Crippen LogP contribution in [0.4, 0.5) is 4.79 Å². The lowest BCUT2D eigenvalue weighted by atomic mass is 10.0. The van der Waals surface area contributed by atoms with Crippen LogP contribution in [0, 0.1) is 18.3 Å². The molecule has 0 aromatic rings. The van der Waals surface area contributed by atoms with E-state index in [1.807, 2.05) is 20.8 Å². The van der Waals surface area contributed by atoms with Crippen molar-refractivity contribution in [2.45, 2.75) is 26.3 Å². The summed E-state index contributed by atoms with van der Waals surface area (Å²) in [4.78, 5) is 24.4. The van der Waals surface area contributed by atoms with E-state index in [-0.39, 0.29) is 24.0 Å². The summed E-state index contributed by atoms with van der Waals surface area (Å²) in [7, 11) is 0. The van der Waals surface area contributed by atoms with Gasteiger partial charge < -0.3 is 15.0 Å². The van der Waals surface area contributed by atoms with Gasteiger partial charge in [-0.05, 0) is 20.8 Å². The SMILES string of the molecule is C#CC1CN(C(=O)COC(=O)NC(C)(C)C)C1. The second kappa shape index (κ2) is 5.09. The van der Waals surface area contributed by atoms with Crippen molar-refractivity contribution >= 4 is 12.0 Å². The minimum absolute atomic E-state index is 0.141. The predicted octanol–water partition coefficient (Wildman–Crippen LogP) is 0.603. The normalized spacial score (nSPS) is 15.8. The maximum atomic E-state index is 11.5. The van der Waals surface area contributed by atoms with E-state index >= 15 is 0 Å². The van der Waals surface area contributed by atoms with Crippen molar-refractivity contribution < 1.29 is 14.3 Å². The minimum atomic E-state index is -0.583. The molecule has 5 heteroatoms. The third kappa shape index (κ3) is 4.35. The number of likely N-dealkylation sites (tertiary alicyclic amines) is 1. The number of alkyl carbamates (subject to hydrolysis) is 1. The fourth-order valence-corrected chi connectivity index (χ4v) is 1.35. The first kappa shape index (κ1) is 13.4. The highest BCUT2D eigenvalue weighted by atomic mass is 16.6. The highest BCUT2D eigenvalue weighted by Crippen LogP contribution is 2.14. The Morgan fingerprint density at radius 1 is 1.47 bits per heavy atom. The molecule has 1 saturated heterocycles. The quantitative estimate of drug-likeness (QED) is 0.717. The summed E-state index contributed by atoms with van der Waals surface area (Å²) in [6, 6.07) is 0. The molecule has 0 radical (unpaired) electrons. The van der Waals surface area contributed by atoms with Gasteiger partial charge in [-0.25, -0.2) is 4.79 Å². The van der Waals surface area contributed by atoms with Crippen LogP contribution in [0.1, 0.15) is 20.8 Å². The number of ether oxygens (including phenoxy) is 1. The van der Waals surface area contributed by atoms with Crippen LogP contribution >= 0.6 is 0 Å². The highest BCUT2D eigenvalue weighted by molar-refractivity contribution is 5.81. The molecule has 94 valence electrons. The van der Waals surface area contributed by atoms with Gasteiger partial charge in [-0.15, -0.1) is 6.42 Å². The molecule has 5 nitrogen and oxygen atoms in total. The highest BCUT2D eigenvalue weighted by Gasteiger charge is 2.29. The molecule has 0 spiro atoms. The molecule has 1 fully saturated rings. The van der Waals surface area contributed by atoms with E-state index < -0.39 is 6.09 Å². The molecule has 17 heavy (non-hydrogen) atoms. The number of carbonyl (C=O) groups is 2. The zero-order valence-corrected chi connectivity index (χ0v) is 10.4. The first-order valence-corrected chi connectivity index (χ1v) is 5.50. The number of hydrogen-bond acceptors (Lipinski definition) is 3. The van der Waals surface area contributed by atoms with E-state index in [1.54, 1.807) is 4.90 Å². The molecule has 1 N–H and O–H groups in total. The van der Waals surface area contributed by atoms with Crippen LogP contribution < -0.4 is 5.32 Å². The zero-order chi connectivity index (χ0) is 13.1. The second-order valence-corrected chi connectivity index (χ2v) is 5.11. The fraction of sp³-hybridized carbons (Fsp3) is 0.667. The first-order valence-electron chi connectivity index (χ1n) is 5.50. The van der Waals surface area contributed by atoms with Crippen LogP contribution in [0.3, 0.4) is 0 Å². The van der Waals surface area contributed by atoms with Crippen molar-refractivity contribution in [2.24, 2.45) is 5.92 Å². The molecule has 0 saturated carbocycles. The van der Waals surface area contributed by atoms with Crippen LogP contribution in [0.15, 0.2) is 0 Å². The molecule has 0 atom stereocenters. The van der Waals surface area contributed by atoms with Crippen molar-refractivity contribution in [3.8, 4) is 12.3 Å². The lowest BCUT2D eigenvalue weighted by molar-refractivity contribution is -0.139. The van der Waals surface area contributed by atoms with Gasteiger partial charge in [-0.3, -0.25) is 4.79 Å². The maximum absolute atomic E-state index is 11.5. The molecule has 0 aromatic carbocycles. The Balaban J connectivity index is 2.21. The van der Waals surface area contributed by atoms with Gasteiger partial charge in [-0.2, -0.15) is 0 Å². The average Bonchev–Trinajstić information content (AvgIpc) is 2.10. The Bertz CT molecular complexity index is 346. The molecule has 1 aliphatic heterocycles. The summed E-state index contributed by atoms with van der Waals surface area (Å²) in [6.45, 7) is 6.38. The van der Waals surface area contributed by atoms with Crippen LogP contribution in [0.25, 0.3) is 0 Å². The Hall–Kier alpha value is -1.70. The number of carbonyl (C=O) groups excluding carboxylic acids is 2. The van der Waals surface area contributed by atoms with Crippen LogP contribution in [0.2, 0.25) is 0 Å². The van der Waals surface area contributed by atoms with Gasteiger partial charge in [0, 0.05) is 18.6 Å². The van der Waals surface area contributed by atoms with Crippen LogP contribution in [0.5, 0.6) is 0 Å². The fourth-order valence-electron chi connectivity index (χ4n) is 1.35. The van der Waals surface area contributed by atoms with Gasteiger partial charge in [0.1, 0.15) is 0 Å². The Kier molecular flexibility index (Phi) is 4.00. The van der Waals surface area contributed by atoms with Gasteiger partial charge in [0.25, 0.3) is 5.91 Å². The lowest BCUT2D eigenvalue weighted by Crippen LogP contribution is -2.51. The second-order valence-electron chi connectivity index (χ2n) is 5.11. The van der Waals surface area contributed by atoms with Gasteiger partial charge in [0.2, 0.25) is 0 Å². The number of rotatable bonds is 2. The van der Waals surface area contributed by atoms with Crippen molar-refractivity contribution in [1.29, 1.82) is 0 Å². The van der Waals surface area contributed by atoms with Gasteiger partial charge in [0.05, 0.1) is 5.92 Å². The first-order chi connectivity index (χ1) is 7.81. The van der Waals surface area contributed by atoms with Crippen LogP contribution in [-0.4, -0.2) is 42.1 Å². The molecule has 0 aromatic heterocycles. The zero-order valence-electron chi connectivity index (χ0n) is 10.4. The molecular formula is C12H18N2O3. The van der Waals surface area contributed by atoms with Crippen molar-refractivity contribution in [3.63, 3.8) is 0 Å². The van der Waals surface area contributed by atoms with Crippen LogP contribution in [-0.2, 0) is 9.53 Å². The predicted molar refractivity (Wildman–Crippen MR) is 63.1 cm³/mol. The molecule has 1 heterocycles. The molecular weight excluding hydrogens is 220 g/mol. The molecule has 0 unspecified atom stereocenters. The molecule has 0 bridgehead atoms. The maximum Gasteiger partial charge on any atom is 0.408 e. The summed E-state index contributed by atoms with van der Waals surface area (Å²) in [5, 5.41) is 2.61. The van der Waals surface area contributed by atoms with E-state index in [0.717, 1.165) is 0 Å². The van der Waals surface area contributed by atoms with Gasteiger partial charge in [-0.1, -0.05) is 5.92 Å². The molecule has 2 amide bonds. The van der Waals surface area contributed by atoms with E-state index in [0.29, 0.717) is 13.1 Å². The molecule has 1 rings (SSSR count). The summed E-state index contributed by atoms with van der Waals surface area (Å²) < 4.78 is 4.81. The van der Waals surface area contributed by atoms with Crippen molar-refractivity contribution in [1.82, 2.24) is 10.2 Å². The Morgan fingerprint density at radius 3 is 2.53 bits per heavy atom. The minimum Gasteiger partial charge on any atom is -0.439 e. The number of amides is 2. The molecule has 0 aliphatic carbocycles. The summed E-state index contributed by atoms with van der Waals surface area (Å²) in [5.41, 5.74) is -0.370. The Labute approximate surface area is 101 Å².